The fraction of sp³-hybridized carbons (Fsp3) is 0.476. The molecule has 2 unspecified atom stereocenters. The van der Waals surface area contributed by atoms with E-state index in [4.69, 9.17) is 0 Å². The van der Waals surface area contributed by atoms with Gasteiger partial charge in [0, 0.05) is 37.6 Å². The highest BCUT2D eigenvalue weighted by Crippen LogP contribution is 2.54. The van der Waals surface area contributed by atoms with Crippen molar-refractivity contribution < 1.29 is 9.59 Å². The van der Waals surface area contributed by atoms with Crippen molar-refractivity contribution in [2.24, 2.45) is 13.0 Å². The first-order chi connectivity index (χ1) is 13.0. The fourth-order valence-electron chi connectivity index (χ4n) is 4.80. The van der Waals surface area contributed by atoms with Crippen molar-refractivity contribution in [3.05, 3.63) is 48.0 Å². The predicted octanol–water partition coefficient (Wildman–Crippen LogP) is 3.02. The zero-order valence-electron chi connectivity index (χ0n) is 16.1. The molecule has 0 aliphatic carbocycles. The summed E-state index contributed by atoms with van der Waals surface area (Å²) in [6.45, 7) is 4.66. The molecule has 0 bridgehead atoms. The Morgan fingerprint density at radius 1 is 1.33 bits per heavy atom. The second-order valence-electron chi connectivity index (χ2n) is 7.56. The van der Waals surface area contributed by atoms with Gasteiger partial charge in [0.15, 0.2) is 0 Å². The maximum Gasteiger partial charge on any atom is 0.237 e. The van der Waals surface area contributed by atoms with Crippen molar-refractivity contribution in [2.75, 3.05) is 11.9 Å². The maximum atomic E-state index is 13.3. The molecule has 1 fully saturated rings. The molecule has 6 heteroatoms. The number of carbonyl (C=O) groups excluding carboxylic acids is 2. The van der Waals surface area contributed by atoms with Gasteiger partial charge in [0.1, 0.15) is 17.3 Å². The smallest absolute Gasteiger partial charge is 0.237 e. The first-order valence-electron chi connectivity index (χ1n) is 9.73. The summed E-state index contributed by atoms with van der Waals surface area (Å²) in [6.07, 6.45) is 5.82. The number of benzene rings is 1. The average molecular weight is 366 g/mol. The number of aryl methyl sites for hydroxylation is 1. The number of aromatic nitrogens is 2. The Morgan fingerprint density at radius 2 is 2.07 bits per heavy atom. The van der Waals surface area contributed by atoms with E-state index in [0.29, 0.717) is 13.0 Å². The number of anilines is 1. The molecule has 3 heterocycles. The second-order valence-corrected chi connectivity index (χ2v) is 7.56. The van der Waals surface area contributed by atoms with E-state index in [9.17, 15) is 9.59 Å². The topological polar surface area (TPSA) is 67.2 Å². The lowest BCUT2D eigenvalue weighted by molar-refractivity contribution is -0.138. The summed E-state index contributed by atoms with van der Waals surface area (Å²) in [4.78, 5) is 33.1. The molecule has 4 rings (SSSR count). The van der Waals surface area contributed by atoms with Gasteiger partial charge in [0.2, 0.25) is 11.8 Å². The van der Waals surface area contributed by atoms with Crippen molar-refractivity contribution in [3.63, 3.8) is 0 Å². The van der Waals surface area contributed by atoms with Gasteiger partial charge in [0.25, 0.3) is 0 Å². The molecule has 27 heavy (non-hydrogen) atoms. The molecule has 1 N–H and O–H groups in total. The lowest BCUT2D eigenvalue weighted by Gasteiger charge is -2.34. The van der Waals surface area contributed by atoms with Gasteiger partial charge in [-0.05, 0) is 30.9 Å². The van der Waals surface area contributed by atoms with Crippen LogP contribution in [0.4, 0.5) is 5.69 Å². The maximum absolute atomic E-state index is 13.3. The summed E-state index contributed by atoms with van der Waals surface area (Å²) in [5, 5.41) is 3.04. The zero-order chi connectivity index (χ0) is 19.2. The van der Waals surface area contributed by atoms with Crippen LogP contribution < -0.4 is 5.32 Å². The highest BCUT2D eigenvalue weighted by atomic mass is 16.2. The van der Waals surface area contributed by atoms with E-state index in [2.05, 4.69) is 10.3 Å². The molecule has 2 aliphatic heterocycles. The molecule has 2 aliphatic rings. The van der Waals surface area contributed by atoms with Gasteiger partial charge < -0.3 is 14.8 Å². The third kappa shape index (κ3) is 2.42. The lowest BCUT2D eigenvalue weighted by Crippen LogP contribution is -2.45. The van der Waals surface area contributed by atoms with Crippen LogP contribution in [0.15, 0.2) is 36.7 Å². The number of hydrogen-bond acceptors (Lipinski definition) is 3. The predicted molar refractivity (Wildman–Crippen MR) is 103 cm³/mol. The van der Waals surface area contributed by atoms with Gasteiger partial charge in [-0.1, -0.05) is 32.0 Å². The largest absolute Gasteiger partial charge is 0.336 e. The summed E-state index contributed by atoms with van der Waals surface area (Å²) in [5.74, 6) is 0.833. The van der Waals surface area contributed by atoms with Gasteiger partial charge in [-0.15, -0.1) is 0 Å². The zero-order valence-corrected chi connectivity index (χ0v) is 16.1. The Hall–Kier alpha value is -2.63. The van der Waals surface area contributed by atoms with Crippen molar-refractivity contribution in [3.8, 4) is 0 Å². The Bertz CT molecular complexity index is 886. The molecule has 6 nitrogen and oxygen atoms in total. The Morgan fingerprint density at radius 3 is 2.74 bits per heavy atom. The first-order valence-corrected chi connectivity index (χ1v) is 9.73. The van der Waals surface area contributed by atoms with Gasteiger partial charge in [-0.2, -0.15) is 0 Å². The average Bonchev–Trinajstić information content (AvgIpc) is 3.33. The number of nitrogens with one attached hydrogen (secondary N) is 1. The molecule has 1 spiro atoms. The van der Waals surface area contributed by atoms with Crippen molar-refractivity contribution >= 4 is 17.5 Å². The summed E-state index contributed by atoms with van der Waals surface area (Å²) in [7, 11) is 1.92. The number of amides is 2. The second kappa shape index (κ2) is 6.51. The molecule has 0 saturated carbocycles. The number of carbonyl (C=O) groups is 2. The third-order valence-electron chi connectivity index (χ3n) is 6.31. The van der Waals surface area contributed by atoms with E-state index in [1.165, 1.54) is 0 Å². The monoisotopic (exact) mass is 366 g/mol. The van der Waals surface area contributed by atoms with Crippen LogP contribution in [0.3, 0.4) is 0 Å². The number of imidazole rings is 1. The Balaban J connectivity index is 1.88. The summed E-state index contributed by atoms with van der Waals surface area (Å²) < 4.78 is 1.93. The highest BCUT2D eigenvalue weighted by Gasteiger charge is 2.60. The molecular formula is C21H26N4O2. The van der Waals surface area contributed by atoms with Crippen LogP contribution in [0.5, 0.6) is 0 Å². The summed E-state index contributed by atoms with van der Waals surface area (Å²) in [6, 6.07) is 7.43. The van der Waals surface area contributed by atoms with Crippen LogP contribution in [0.1, 0.15) is 50.5 Å². The third-order valence-corrected chi connectivity index (χ3v) is 6.31. The molecule has 1 aromatic heterocycles. The van der Waals surface area contributed by atoms with E-state index in [1.54, 1.807) is 6.20 Å². The Labute approximate surface area is 159 Å². The minimum absolute atomic E-state index is 0.0253. The van der Waals surface area contributed by atoms with Crippen LogP contribution >= 0.6 is 0 Å². The number of rotatable bonds is 4. The molecule has 2 aromatic rings. The minimum atomic E-state index is -0.780. The van der Waals surface area contributed by atoms with Crippen LogP contribution in [0.2, 0.25) is 0 Å². The first kappa shape index (κ1) is 17.8. The van der Waals surface area contributed by atoms with Gasteiger partial charge in [-0.25, -0.2) is 4.98 Å². The van der Waals surface area contributed by atoms with Crippen LogP contribution in [-0.4, -0.2) is 32.8 Å². The molecule has 2 amide bonds. The van der Waals surface area contributed by atoms with Crippen LogP contribution in [0, 0.1) is 5.92 Å². The SMILES string of the molecule is CCC(CC)C(=O)N1CCC2(C(=O)Nc3ccccc32)C1c1nccn1C. The molecule has 0 radical (unpaired) electrons. The fourth-order valence-corrected chi connectivity index (χ4v) is 4.80. The molecular weight excluding hydrogens is 340 g/mol. The number of fused-ring (bicyclic) bond motifs is 2. The lowest BCUT2D eigenvalue weighted by atomic mass is 9.74. The van der Waals surface area contributed by atoms with Crippen molar-refractivity contribution in [2.45, 2.75) is 44.6 Å². The standard InChI is InChI=1S/C21H26N4O2/c1-4-14(5-2)19(26)25-12-10-21(17(25)18-22-11-13-24(18)3)15-8-6-7-9-16(15)23-20(21)27/h6-9,11,13-14,17H,4-5,10,12H2,1-3H3,(H,23,27). The molecule has 142 valence electrons. The summed E-state index contributed by atoms with van der Waals surface area (Å²) >= 11 is 0. The number of nitrogens with zero attached hydrogens (tertiary/aromatic N) is 3. The molecule has 2 atom stereocenters. The van der Waals surface area contributed by atoms with E-state index in [1.807, 2.05) is 60.8 Å². The van der Waals surface area contributed by atoms with Crippen LogP contribution in [-0.2, 0) is 22.1 Å². The van der Waals surface area contributed by atoms with Gasteiger partial charge in [0.05, 0.1) is 0 Å². The molecule has 1 aromatic carbocycles. The minimum Gasteiger partial charge on any atom is -0.336 e. The number of hydrogen-bond donors (Lipinski definition) is 1. The normalized spacial score (nSPS) is 23.9. The number of para-hydroxylation sites is 1. The quantitative estimate of drug-likeness (QED) is 0.904. The van der Waals surface area contributed by atoms with Gasteiger partial charge >= 0.3 is 0 Å². The van der Waals surface area contributed by atoms with Gasteiger partial charge in [-0.3, -0.25) is 9.59 Å². The van der Waals surface area contributed by atoms with E-state index < -0.39 is 11.5 Å². The van der Waals surface area contributed by atoms with E-state index in [0.717, 1.165) is 29.9 Å². The number of likely N-dealkylation sites (tertiary alicyclic amines) is 1. The molecule has 1 saturated heterocycles. The van der Waals surface area contributed by atoms with Crippen molar-refractivity contribution in [1.82, 2.24) is 14.5 Å². The highest BCUT2D eigenvalue weighted by molar-refractivity contribution is 6.07. The van der Waals surface area contributed by atoms with E-state index in [-0.39, 0.29) is 17.7 Å². The summed E-state index contributed by atoms with van der Waals surface area (Å²) in [5.41, 5.74) is 1.04. The van der Waals surface area contributed by atoms with Crippen LogP contribution in [0.25, 0.3) is 0 Å². The van der Waals surface area contributed by atoms with E-state index >= 15 is 0 Å². The van der Waals surface area contributed by atoms with Crippen molar-refractivity contribution in [1.29, 1.82) is 0 Å². The Kier molecular flexibility index (Phi) is 4.29.